The fourth-order valence-electron chi connectivity index (χ4n) is 3.75. The van der Waals surface area contributed by atoms with E-state index in [2.05, 4.69) is 4.98 Å². The third-order valence-electron chi connectivity index (χ3n) is 5.49. The molecule has 0 aliphatic carbocycles. The Morgan fingerprint density at radius 2 is 1.97 bits per heavy atom. The molecule has 4 aromatic rings. The molecule has 0 N–H and O–H groups in total. The first-order valence-electron chi connectivity index (χ1n) is 10.3. The number of para-hydroxylation sites is 2. The molecule has 1 aliphatic rings. The van der Waals surface area contributed by atoms with Gasteiger partial charge >= 0.3 is 0 Å². The molecule has 1 amide bonds. The van der Waals surface area contributed by atoms with Crippen LogP contribution in [-0.2, 0) is 11.3 Å². The fraction of sp³-hybridized carbons (Fsp3) is 0.208. The van der Waals surface area contributed by atoms with E-state index in [4.69, 9.17) is 9.47 Å². The summed E-state index contributed by atoms with van der Waals surface area (Å²) < 4.78 is 26.2. The van der Waals surface area contributed by atoms with Crippen molar-refractivity contribution in [1.82, 2.24) is 14.5 Å². The van der Waals surface area contributed by atoms with Gasteiger partial charge in [-0.15, -0.1) is 11.3 Å². The molecule has 0 saturated heterocycles. The zero-order valence-corrected chi connectivity index (χ0v) is 18.5. The summed E-state index contributed by atoms with van der Waals surface area (Å²) in [6.07, 6.45) is 1.07. The number of nitrogens with zero attached hydrogens (tertiary/aromatic N) is 3. The van der Waals surface area contributed by atoms with Crippen molar-refractivity contribution < 1.29 is 18.7 Å². The van der Waals surface area contributed by atoms with Crippen LogP contribution in [0.4, 0.5) is 4.39 Å². The van der Waals surface area contributed by atoms with E-state index in [-0.39, 0.29) is 29.9 Å². The summed E-state index contributed by atoms with van der Waals surface area (Å²) in [6, 6.07) is 13.3. The number of carbonyl (C=O) groups is 1. The molecule has 0 fully saturated rings. The van der Waals surface area contributed by atoms with Crippen LogP contribution in [0.3, 0.4) is 0 Å². The van der Waals surface area contributed by atoms with Crippen LogP contribution < -0.4 is 15.0 Å². The largest absolute Gasteiger partial charge is 0.486 e. The van der Waals surface area contributed by atoms with Crippen molar-refractivity contribution in [3.05, 3.63) is 76.4 Å². The maximum Gasteiger partial charge on any atom is 0.263 e. The smallest absolute Gasteiger partial charge is 0.263 e. The van der Waals surface area contributed by atoms with Crippen LogP contribution >= 0.6 is 11.3 Å². The SMILES string of the molecule is CN(C[C@H]1COc2ccccc2O1)C(=O)Cn1cnc2scc(-c3ccc(F)cc3)c2c1=O. The number of halogens is 1. The Morgan fingerprint density at radius 1 is 1.21 bits per heavy atom. The average molecular weight is 466 g/mol. The molecule has 5 rings (SSSR count). The first-order chi connectivity index (χ1) is 16.0. The molecule has 168 valence electrons. The predicted molar refractivity (Wildman–Crippen MR) is 123 cm³/mol. The zero-order chi connectivity index (χ0) is 22.9. The summed E-state index contributed by atoms with van der Waals surface area (Å²) in [5, 5.41) is 2.24. The van der Waals surface area contributed by atoms with Gasteiger partial charge in [0.2, 0.25) is 5.91 Å². The third kappa shape index (κ3) is 4.19. The molecule has 0 unspecified atom stereocenters. The van der Waals surface area contributed by atoms with Crippen LogP contribution in [0.5, 0.6) is 11.5 Å². The number of thiophene rings is 1. The standard InChI is InChI=1S/C24H20FN3O4S/c1-27(10-17-12-31-19-4-2-3-5-20(19)32-17)21(29)11-28-14-26-23-22(24(28)30)18(13-33-23)15-6-8-16(25)9-7-15/h2-9,13-14,17H,10-12H2,1H3/t17-/m0/s1. The van der Waals surface area contributed by atoms with Crippen molar-refractivity contribution in [3.8, 4) is 22.6 Å². The second-order valence-corrected chi connectivity index (χ2v) is 8.64. The summed E-state index contributed by atoms with van der Waals surface area (Å²) in [4.78, 5) is 32.5. The Kier molecular flexibility index (Phi) is 5.55. The number of hydrogen-bond acceptors (Lipinski definition) is 6. The van der Waals surface area contributed by atoms with E-state index in [1.165, 1.54) is 39.3 Å². The van der Waals surface area contributed by atoms with Gasteiger partial charge in [-0.25, -0.2) is 9.37 Å². The lowest BCUT2D eigenvalue weighted by Crippen LogP contribution is -2.43. The molecule has 1 atom stereocenters. The molecule has 3 heterocycles. The van der Waals surface area contributed by atoms with Gasteiger partial charge in [-0.1, -0.05) is 24.3 Å². The first kappa shape index (κ1) is 21.1. The molecule has 0 radical (unpaired) electrons. The topological polar surface area (TPSA) is 73.7 Å². The number of amides is 1. The minimum absolute atomic E-state index is 0.152. The summed E-state index contributed by atoms with van der Waals surface area (Å²) in [7, 11) is 1.66. The van der Waals surface area contributed by atoms with Crippen LogP contribution in [0.25, 0.3) is 21.3 Å². The fourth-order valence-corrected chi connectivity index (χ4v) is 4.66. The van der Waals surface area contributed by atoms with E-state index in [1.54, 1.807) is 19.2 Å². The lowest BCUT2D eigenvalue weighted by Gasteiger charge is -2.29. The molecular formula is C24H20FN3O4S. The molecular weight excluding hydrogens is 445 g/mol. The van der Waals surface area contributed by atoms with Crippen molar-refractivity contribution in [3.63, 3.8) is 0 Å². The second-order valence-electron chi connectivity index (χ2n) is 7.79. The molecule has 9 heteroatoms. The van der Waals surface area contributed by atoms with Gasteiger partial charge in [-0.3, -0.25) is 14.2 Å². The van der Waals surface area contributed by atoms with Crippen LogP contribution in [0.2, 0.25) is 0 Å². The van der Waals surface area contributed by atoms with Crippen LogP contribution in [-0.4, -0.2) is 46.7 Å². The molecule has 0 spiro atoms. The highest BCUT2D eigenvalue weighted by Crippen LogP contribution is 2.32. The number of hydrogen-bond donors (Lipinski definition) is 0. The van der Waals surface area contributed by atoms with E-state index < -0.39 is 0 Å². The van der Waals surface area contributed by atoms with Gasteiger partial charge in [0, 0.05) is 18.0 Å². The van der Waals surface area contributed by atoms with Gasteiger partial charge in [0.1, 0.15) is 23.8 Å². The molecule has 7 nitrogen and oxygen atoms in total. The number of likely N-dealkylation sites (N-methyl/N-ethyl adjacent to an activating group) is 1. The average Bonchev–Trinajstić information content (AvgIpc) is 3.26. The monoisotopic (exact) mass is 465 g/mol. The minimum Gasteiger partial charge on any atom is -0.486 e. The Morgan fingerprint density at radius 3 is 2.76 bits per heavy atom. The Hall–Kier alpha value is -3.72. The Balaban J connectivity index is 1.33. The van der Waals surface area contributed by atoms with Gasteiger partial charge in [-0.05, 0) is 29.8 Å². The van der Waals surface area contributed by atoms with Crippen molar-refractivity contribution >= 4 is 27.5 Å². The highest BCUT2D eigenvalue weighted by atomic mass is 32.1. The molecule has 33 heavy (non-hydrogen) atoms. The van der Waals surface area contributed by atoms with Crippen LogP contribution in [0.15, 0.2) is 65.0 Å². The maximum atomic E-state index is 13.3. The van der Waals surface area contributed by atoms with Crippen molar-refractivity contribution in [2.45, 2.75) is 12.6 Å². The molecule has 2 aromatic heterocycles. The van der Waals surface area contributed by atoms with Gasteiger partial charge in [-0.2, -0.15) is 0 Å². The van der Waals surface area contributed by atoms with Crippen LogP contribution in [0.1, 0.15) is 0 Å². The molecule has 2 aromatic carbocycles. The minimum atomic E-state index is -0.349. The Bertz CT molecular complexity index is 1380. The lowest BCUT2D eigenvalue weighted by atomic mass is 10.1. The van der Waals surface area contributed by atoms with Gasteiger partial charge < -0.3 is 14.4 Å². The highest BCUT2D eigenvalue weighted by molar-refractivity contribution is 7.17. The number of benzene rings is 2. The van der Waals surface area contributed by atoms with Crippen molar-refractivity contribution in [2.75, 3.05) is 20.2 Å². The van der Waals surface area contributed by atoms with Crippen molar-refractivity contribution in [2.24, 2.45) is 0 Å². The van der Waals surface area contributed by atoms with E-state index >= 15 is 0 Å². The summed E-state index contributed by atoms with van der Waals surface area (Å²) >= 11 is 1.33. The van der Waals surface area contributed by atoms with E-state index in [9.17, 15) is 14.0 Å². The predicted octanol–water partition coefficient (Wildman–Crippen LogP) is 3.56. The summed E-state index contributed by atoms with van der Waals surface area (Å²) in [5.74, 6) is 0.727. The van der Waals surface area contributed by atoms with E-state index in [0.29, 0.717) is 40.4 Å². The third-order valence-corrected chi connectivity index (χ3v) is 6.38. The highest BCUT2D eigenvalue weighted by Gasteiger charge is 2.24. The van der Waals surface area contributed by atoms with Gasteiger partial charge in [0.25, 0.3) is 5.56 Å². The molecule has 0 bridgehead atoms. The van der Waals surface area contributed by atoms with Gasteiger partial charge in [0.15, 0.2) is 17.6 Å². The van der Waals surface area contributed by atoms with E-state index in [0.717, 1.165) is 5.56 Å². The summed E-state index contributed by atoms with van der Waals surface area (Å²) in [5.41, 5.74) is 1.08. The number of rotatable bonds is 5. The number of fused-ring (bicyclic) bond motifs is 2. The Labute approximate surface area is 192 Å². The second kappa shape index (κ2) is 8.67. The van der Waals surface area contributed by atoms with Crippen molar-refractivity contribution in [1.29, 1.82) is 0 Å². The first-order valence-corrected chi connectivity index (χ1v) is 11.2. The number of aromatic nitrogens is 2. The lowest BCUT2D eigenvalue weighted by molar-refractivity contribution is -0.132. The normalized spacial score (nSPS) is 14.9. The zero-order valence-electron chi connectivity index (χ0n) is 17.7. The molecule has 1 aliphatic heterocycles. The maximum absolute atomic E-state index is 13.3. The number of ether oxygens (including phenoxy) is 2. The van der Waals surface area contributed by atoms with Crippen LogP contribution in [0, 0.1) is 5.82 Å². The van der Waals surface area contributed by atoms with Gasteiger partial charge in [0.05, 0.1) is 18.3 Å². The summed E-state index contributed by atoms with van der Waals surface area (Å²) in [6.45, 7) is 0.496. The quantitative estimate of drug-likeness (QED) is 0.451. The number of carbonyl (C=O) groups excluding carboxylic acids is 1. The van der Waals surface area contributed by atoms with E-state index in [1.807, 2.05) is 29.6 Å². The molecule has 0 saturated carbocycles.